The first-order valence-corrected chi connectivity index (χ1v) is 6.13. The minimum absolute atomic E-state index is 0.0717. The van der Waals surface area contributed by atoms with Crippen LogP contribution in [0.4, 0.5) is 23.7 Å². The molecule has 0 fully saturated rings. The molecule has 122 valence electrons. The lowest BCUT2D eigenvalue weighted by Gasteiger charge is -2.20. The predicted molar refractivity (Wildman–Crippen MR) is 73.8 cm³/mol. The number of carbonyl (C=O) groups excluding carboxylic acids is 1. The average molecular weight is 319 g/mol. The van der Waals surface area contributed by atoms with Crippen molar-refractivity contribution in [2.24, 2.45) is 10.9 Å². The number of nitrogens with zero attached hydrogens (tertiary/aromatic N) is 1. The Morgan fingerprint density at radius 3 is 2.36 bits per heavy atom. The average Bonchev–Trinajstić information content (AvgIpc) is 2.34. The topological polar surface area (TPSA) is 96.9 Å². The molecule has 0 aliphatic rings. The van der Waals surface area contributed by atoms with E-state index in [-0.39, 0.29) is 11.3 Å². The van der Waals surface area contributed by atoms with Gasteiger partial charge < -0.3 is 15.7 Å². The number of carbonyl (C=O) groups is 1. The summed E-state index contributed by atoms with van der Waals surface area (Å²) in [5, 5.41) is 13.6. The second-order valence-corrected chi connectivity index (χ2v) is 5.37. The van der Waals surface area contributed by atoms with Crippen molar-refractivity contribution in [1.82, 2.24) is 0 Å². The van der Waals surface area contributed by atoms with Gasteiger partial charge in [-0.3, -0.25) is 5.32 Å². The summed E-state index contributed by atoms with van der Waals surface area (Å²) < 4.78 is 43.1. The summed E-state index contributed by atoms with van der Waals surface area (Å²) in [5.74, 6) is -0.572. The van der Waals surface area contributed by atoms with Crippen molar-refractivity contribution in [3.63, 3.8) is 0 Å². The number of alkyl halides is 3. The number of amidine groups is 1. The highest BCUT2D eigenvalue weighted by molar-refractivity contribution is 6.04. The van der Waals surface area contributed by atoms with E-state index >= 15 is 0 Å². The molecule has 4 N–H and O–H groups in total. The summed E-state index contributed by atoms with van der Waals surface area (Å²) in [5.41, 5.74) is 3.22. The molecule has 0 bridgehead atoms. The summed E-state index contributed by atoms with van der Waals surface area (Å²) in [4.78, 5) is 11.7. The number of amides is 1. The fourth-order valence-corrected chi connectivity index (χ4v) is 1.51. The van der Waals surface area contributed by atoms with Gasteiger partial charge in [0.1, 0.15) is 5.60 Å². The molecule has 0 heterocycles. The van der Waals surface area contributed by atoms with E-state index in [2.05, 4.69) is 10.5 Å². The highest BCUT2D eigenvalue weighted by Crippen LogP contribution is 2.32. The van der Waals surface area contributed by atoms with Crippen LogP contribution in [0.3, 0.4) is 0 Å². The van der Waals surface area contributed by atoms with Gasteiger partial charge in [0.15, 0.2) is 5.84 Å². The van der Waals surface area contributed by atoms with Crippen molar-refractivity contribution in [1.29, 1.82) is 0 Å². The fraction of sp³-hybridized carbons (Fsp3) is 0.385. The van der Waals surface area contributed by atoms with Crippen LogP contribution in [0.15, 0.2) is 23.4 Å². The zero-order chi connectivity index (χ0) is 17.1. The van der Waals surface area contributed by atoms with E-state index in [0.717, 1.165) is 12.1 Å². The number of anilines is 1. The van der Waals surface area contributed by atoms with Gasteiger partial charge in [0.25, 0.3) is 0 Å². The van der Waals surface area contributed by atoms with Crippen molar-refractivity contribution in [3.8, 4) is 0 Å². The van der Waals surface area contributed by atoms with Gasteiger partial charge in [-0.2, -0.15) is 13.2 Å². The minimum atomic E-state index is -4.60. The lowest BCUT2D eigenvalue weighted by Crippen LogP contribution is -2.28. The van der Waals surface area contributed by atoms with Gasteiger partial charge >= 0.3 is 12.3 Å². The van der Waals surface area contributed by atoms with Crippen molar-refractivity contribution in [2.45, 2.75) is 32.5 Å². The number of oxime groups is 1. The number of benzene rings is 1. The third kappa shape index (κ3) is 4.83. The zero-order valence-corrected chi connectivity index (χ0v) is 12.2. The standard InChI is InChI=1S/C13H16F3N3O3/c1-12(2,3)22-11(20)18-9-5-4-7(13(14,15)16)6-8(9)10(17)19-21/h4-6,21H,1-3H3,(H2,17,19)(H,18,20). The molecule has 1 aromatic carbocycles. The predicted octanol–water partition coefficient (Wildman–Crippen LogP) is 3.15. The monoisotopic (exact) mass is 319 g/mol. The number of nitrogens with one attached hydrogen (secondary N) is 1. The Morgan fingerprint density at radius 1 is 1.32 bits per heavy atom. The molecule has 1 rings (SSSR count). The Bertz CT molecular complexity index is 592. The lowest BCUT2D eigenvalue weighted by molar-refractivity contribution is -0.137. The highest BCUT2D eigenvalue weighted by atomic mass is 19.4. The normalized spacial score (nSPS) is 12.9. The second-order valence-electron chi connectivity index (χ2n) is 5.37. The molecular weight excluding hydrogens is 303 g/mol. The van der Waals surface area contributed by atoms with E-state index in [4.69, 9.17) is 15.7 Å². The van der Waals surface area contributed by atoms with E-state index < -0.39 is 29.3 Å². The van der Waals surface area contributed by atoms with Gasteiger partial charge in [0, 0.05) is 5.56 Å². The van der Waals surface area contributed by atoms with Crippen molar-refractivity contribution < 1.29 is 27.9 Å². The molecule has 6 nitrogen and oxygen atoms in total. The second kappa shape index (κ2) is 6.12. The molecule has 0 saturated carbocycles. The van der Waals surface area contributed by atoms with Crippen LogP contribution in [0, 0.1) is 0 Å². The van der Waals surface area contributed by atoms with E-state index in [9.17, 15) is 18.0 Å². The van der Waals surface area contributed by atoms with Crippen molar-refractivity contribution in [3.05, 3.63) is 29.3 Å². The van der Waals surface area contributed by atoms with E-state index in [1.165, 1.54) is 0 Å². The number of ether oxygens (including phenoxy) is 1. The highest BCUT2D eigenvalue weighted by Gasteiger charge is 2.31. The van der Waals surface area contributed by atoms with Crippen LogP contribution in [0.1, 0.15) is 31.9 Å². The minimum Gasteiger partial charge on any atom is -0.444 e. The van der Waals surface area contributed by atoms with Gasteiger partial charge in [-0.05, 0) is 39.0 Å². The number of nitrogens with two attached hydrogens (primary N) is 1. The van der Waals surface area contributed by atoms with Crippen LogP contribution in [0.25, 0.3) is 0 Å². The maximum atomic E-state index is 12.7. The van der Waals surface area contributed by atoms with E-state index in [1.54, 1.807) is 20.8 Å². The van der Waals surface area contributed by atoms with E-state index in [0.29, 0.717) is 6.07 Å². The quantitative estimate of drug-likeness (QED) is 0.337. The SMILES string of the molecule is CC(C)(C)OC(=O)Nc1ccc(C(F)(F)F)cc1/C(N)=N/O. The third-order valence-corrected chi connectivity index (χ3v) is 2.37. The summed E-state index contributed by atoms with van der Waals surface area (Å²) in [6.45, 7) is 4.89. The lowest BCUT2D eigenvalue weighted by atomic mass is 10.1. The first kappa shape index (κ1) is 17.6. The van der Waals surface area contributed by atoms with Crippen LogP contribution < -0.4 is 11.1 Å². The first-order valence-electron chi connectivity index (χ1n) is 6.13. The molecule has 9 heteroatoms. The largest absolute Gasteiger partial charge is 0.444 e. The van der Waals surface area contributed by atoms with Gasteiger partial charge in [-0.15, -0.1) is 0 Å². The van der Waals surface area contributed by atoms with Crippen LogP contribution in [-0.4, -0.2) is 22.7 Å². The smallest absolute Gasteiger partial charge is 0.416 e. The number of hydrogen-bond acceptors (Lipinski definition) is 4. The molecule has 0 aromatic heterocycles. The van der Waals surface area contributed by atoms with Crippen molar-refractivity contribution in [2.75, 3.05) is 5.32 Å². The van der Waals surface area contributed by atoms with Crippen LogP contribution in [-0.2, 0) is 10.9 Å². The molecule has 0 aliphatic carbocycles. The summed E-state index contributed by atoms with van der Waals surface area (Å²) in [6.07, 6.45) is -5.48. The Morgan fingerprint density at radius 2 is 1.91 bits per heavy atom. The van der Waals surface area contributed by atoms with Crippen LogP contribution in [0.2, 0.25) is 0 Å². The Kier molecular flexibility index (Phi) is 4.90. The Labute approximate surface area is 124 Å². The molecule has 0 aliphatic heterocycles. The molecule has 0 saturated heterocycles. The molecule has 0 unspecified atom stereocenters. The Hall–Kier alpha value is -2.45. The first-order chi connectivity index (χ1) is 9.94. The molecule has 0 atom stereocenters. The number of rotatable bonds is 2. The molecular formula is C13H16F3N3O3. The molecule has 1 aromatic rings. The Balaban J connectivity index is 3.17. The van der Waals surface area contributed by atoms with Crippen molar-refractivity contribution >= 4 is 17.6 Å². The van der Waals surface area contributed by atoms with Gasteiger partial charge in [0.05, 0.1) is 11.3 Å². The number of halogens is 3. The van der Waals surface area contributed by atoms with Crippen LogP contribution in [0.5, 0.6) is 0 Å². The summed E-state index contributed by atoms with van der Waals surface area (Å²) in [7, 11) is 0. The number of hydrogen-bond donors (Lipinski definition) is 3. The molecule has 0 spiro atoms. The molecule has 1 amide bonds. The maximum Gasteiger partial charge on any atom is 0.416 e. The van der Waals surface area contributed by atoms with Gasteiger partial charge in [-0.25, -0.2) is 4.79 Å². The van der Waals surface area contributed by atoms with Gasteiger partial charge in [-0.1, -0.05) is 5.16 Å². The van der Waals surface area contributed by atoms with Crippen LogP contribution >= 0.6 is 0 Å². The summed E-state index contributed by atoms with van der Waals surface area (Å²) in [6, 6.07) is 2.43. The summed E-state index contributed by atoms with van der Waals surface area (Å²) >= 11 is 0. The molecule has 0 radical (unpaired) electrons. The zero-order valence-electron chi connectivity index (χ0n) is 12.2. The fourth-order valence-electron chi connectivity index (χ4n) is 1.51. The third-order valence-electron chi connectivity index (χ3n) is 2.37. The maximum absolute atomic E-state index is 12.7. The van der Waals surface area contributed by atoms with E-state index in [1.807, 2.05) is 0 Å². The molecule has 22 heavy (non-hydrogen) atoms. The van der Waals surface area contributed by atoms with Gasteiger partial charge in [0.2, 0.25) is 0 Å².